The van der Waals surface area contributed by atoms with E-state index < -0.39 is 0 Å². The minimum Gasteiger partial charge on any atom is -0.310 e. The van der Waals surface area contributed by atoms with Crippen LogP contribution in [-0.4, -0.2) is 4.57 Å². The Morgan fingerprint density at radius 1 is 0.250 bits per heavy atom. The number of rotatable bonds is 10. The summed E-state index contributed by atoms with van der Waals surface area (Å²) in [4.78, 5) is 2.44. The van der Waals surface area contributed by atoms with Crippen molar-refractivity contribution >= 4 is 38.9 Å². The number of fused-ring (bicyclic) bond motifs is 3. The maximum absolute atomic E-state index is 2.44. The summed E-state index contributed by atoms with van der Waals surface area (Å²) in [7, 11) is 0. The molecule has 0 unspecified atom stereocenters. The third-order valence-electron chi connectivity index (χ3n) is 13.2. The molecule has 68 heavy (non-hydrogen) atoms. The Balaban J connectivity index is 1.01. The Kier molecular flexibility index (Phi) is 10.6. The smallest absolute Gasteiger partial charge is 0.0546 e. The zero-order valence-corrected chi connectivity index (χ0v) is 37.5. The van der Waals surface area contributed by atoms with Gasteiger partial charge in [0.2, 0.25) is 0 Å². The molecule has 2 nitrogen and oxygen atoms in total. The third-order valence-corrected chi connectivity index (χ3v) is 13.2. The minimum atomic E-state index is 1.07. The molecule has 0 amide bonds. The van der Waals surface area contributed by atoms with Crippen molar-refractivity contribution in [2.24, 2.45) is 0 Å². The lowest BCUT2D eigenvalue weighted by atomic mass is 9.87. The molecule has 0 bridgehead atoms. The predicted molar refractivity (Wildman–Crippen MR) is 288 cm³/mol. The van der Waals surface area contributed by atoms with Crippen molar-refractivity contribution in [3.8, 4) is 72.4 Å². The Morgan fingerprint density at radius 3 is 1.26 bits per heavy atom. The molecular weight excluding hydrogens is 821 g/mol. The number of aromatic nitrogens is 1. The van der Waals surface area contributed by atoms with Crippen LogP contribution < -0.4 is 4.90 Å². The zero-order valence-electron chi connectivity index (χ0n) is 37.5. The lowest BCUT2D eigenvalue weighted by molar-refractivity contribution is 1.18. The highest BCUT2D eigenvalue weighted by molar-refractivity contribution is 6.10. The molecule has 2 heteroatoms. The van der Waals surface area contributed by atoms with Crippen LogP contribution in [0.2, 0.25) is 0 Å². The van der Waals surface area contributed by atoms with E-state index in [9.17, 15) is 0 Å². The summed E-state index contributed by atoms with van der Waals surface area (Å²) in [5, 5.41) is 2.48. The van der Waals surface area contributed by atoms with Gasteiger partial charge in [0, 0.05) is 33.4 Å². The lowest BCUT2D eigenvalue weighted by Crippen LogP contribution is -2.12. The largest absolute Gasteiger partial charge is 0.310 e. The quantitative estimate of drug-likeness (QED) is 0.133. The molecule has 0 aliphatic heterocycles. The molecule has 0 aliphatic carbocycles. The minimum absolute atomic E-state index is 1.07. The topological polar surface area (TPSA) is 8.17 Å². The van der Waals surface area contributed by atoms with Crippen LogP contribution in [0.5, 0.6) is 0 Å². The molecule has 12 rings (SSSR count). The van der Waals surface area contributed by atoms with Gasteiger partial charge in [0.1, 0.15) is 0 Å². The van der Waals surface area contributed by atoms with Crippen LogP contribution in [0.15, 0.2) is 279 Å². The van der Waals surface area contributed by atoms with Crippen LogP contribution in [0.3, 0.4) is 0 Å². The van der Waals surface area contributed by atoms with Crippen LogP contribution in [0.1, 0.15) is 0 Å². The van der Waals surface area contributed by atoms with Crippen LogP contribution in [0.25, 0.3) is 94.3 Å². The summed E-state index contributed by atoms with van der Waals surface area (Å²) in [5.74, 6) is 0. The molecule has 320 valence electrons. The van der Waals surface area contributed by atoms with Crippen molar-refractivity contribution in [2.45, 2.75) is 0 Å². The molecule has 1 aromatic heterocycles. The van der Waals surface area contributed by atoms with Gasteiger partial charge >= 0.3 is 0 Å². The average molecular weight is 867 g/mol. The van der Waals surface area contributed by atoms with Gasteiger partial charge in [-0.05, 0) is 122 Å². The van der Waals surface area contributed by atoms with E-state index in [-0.39, 0.29) is 0 Å². The van der Waals surface area contributed by atoms with Crippen LogP contribution >= 0.6 is 0 Å². The molecular formula is C66H46N2. The van der Waals surface area contributed by atoms with Gasteiger partial charge in [0.25, 0.3) is 0 Å². The highest BCUT2D eigenvalue weighted by atomic mass is 15.1. The third kappa shape index (κ3) is 7.54. The first-order valence-electron chi connectivity index (χ1n) is 23.3. The normalized spacial score (nSPS) is 11.2. The van der Waals surface area contributed by atoms with Gasteiger partial charge in [-0.15, -0.1) is 0 Å². The van der Waals surface area contributed by atoms with E-state index >= 15 is 0 Å². The molecule has 1 heterocycles. The first-order chi connectivity index (χ1) is 33.7. The average Bonchev–Trinajstić information content (AvgIpc) is 3.76. The Bertz CT molecular complexity index is 3670. The summed E-state index contributed by atoms with van der Waals surface area (Å²) in [6.45, 7) is 0. The molecule has 11 aromatic carbocycles. The number of hydrogen-bond acceptors (Lipinski definition) is 1. The fraction of sp³-hybridized carbons (Fsp3) is 0. The molecule has 0 spiro atoms. The van der Waals surface area contributed by atoms with Crippen molar-refractivity contribution in [1.29, 1.82) is 0 Å². The van der Waals surface area contributed by atoms with Gasteiger partial charge in [-0.2, -0.15) is 0 Å². The first kappa shape index (κ1) is 40.5. The Morgan fingerprint density at radius 2 is 0.662 bits per heavy atom. The van der Waals surface area contributed by atoms with Crippen molar-refractivity contribution < 1.29 is 0 Å². The van der Waals surface area contributed by atoms with E-state index in [2.05, 4.69) is 289 Å². The van der Waals surface area contributed by atoms with E-state index in [1.807, 2.05) is 0 Å². The fourth-order valence-corrected chi connectivity index (χ4v) is 9.96. The van der Waals surface area contributed by atoms with Crippen molar-refractivity contribution in [1.82, 2.24) is 4.57 Å². The molecule has 0 radical (unpaired) electrons. The molecule has 0 saturated carbocycles. The molecule has 12 aromatic rings. The standard InChI is InChI=1S/C66H46N2/c1-5-18-47(19-6-1)48-32-34-49(35-33-48)50-36-41-56(42-37-50)67(65-31-17-29-59(53-22-9-3-10-23-53)66(65)61-28-14-13-26-58(61)52-20-7-2-8-21-52)57-43-38-51(39-44-57)54-40-45-64-62(46-54)60-27-15-16-30-63(60)68(64)55-24-11-4-12-25-55/h1-46H. The monoisotopic (exact) mass is 866 g/mol. The summed E-state index contributed by atoms with van der Waals surface area (Å²) >= 11 is 0. The Hall–Kier alpha value is -8.98. The summed E-state index contributed by atoms with van der Waals surface area (Å²) in [6.07, 6.45) is 0. The lowest BCUT2D eigenvalue weighted by Gasteiger charge is -2.30. The van der Waals surface area contributed by atoms with Crippen molar-refractivity contribution in [3.05, 3.63) is 279 Å². The maximum atomic E-state index is 2.44. The molecule has 0 aliphatic rings. The van der Waals surface area contributed by atoms with Crippen molar-refractivity contribution in [2.75, 3.05) is 4.90 Å². The van der Waals surface area contributed by atoms with Crippen LogP contribution in [0.4, 0.5) is 17.1 Å². The second-order valence-electron chi connectivity index (χ2n) is 17.3. The van der Waals surface area contributed by atoms with E-state index in [0.29, 0.717) is 0 Å². The predicted octanol–water partition coefficient (Wildman–Crippen LogP) is 18.3. The summed E-state index contributed by atoms with van der Waals surface area (Å²) < 4.78 is 2.37. The van der Waals surface area contributed by atoms with Gasteiger partial charge in [-0.3, -0.25) is 0 Å². The van der Waals surface area contributed by atoms with Gasteiger partial charge < -0.3 is 9.47 Å². The summed E-state index contributed by atoms with van der Waals surface area (Å²) in [5.41, 5.74) is 21.0. The highest BCUT2D eigenvalue weighted by Crippen LogP contribution is 2.48. The van der Waals surface area contributed by atoms with Gasteiger partial charge in [-0.1, -0.05) is 218 Å². The number of anilines is 3. The molecule has 0 saturated heterocycles. The van der Waals surface area contributed by atoms with E-state index in [0.717, 1.165) is 28.3 Å². The second kappa shape index (κ2) is 17.8. The maximum Gasteiger partial charge on any atom is 0.0546 e. The molecule has 0 atom stereocenters. The molecule has 0 N–H and O–H groups in total. The SMILES string of the molecule is c1ccc(-c2ccc(-c3ccc(N(c4ccc(-c5ccc6c(c5)c5ccccc5n6-c5ccccc5)cc4)c4cccc(-c5ccccc5)c4-c4ccccc4-c4ccccc4)cc3)cc2)cc1. The second-order valence-corrected chi connectivity index (χ2v) is 17.3. The summed E-state index contributed by atoms with van der Waals surface area (Å²) in [6, 6.07) is 101. The van der Waals surface area contributed by atoms with Gasteiger partial charge in [0.05, 0.1) is 16.7 Å². The van der Waals surface area contributed by atoms with Crippen LogP contribution in [0, 0.1) is 0 Å². The first-order valence-corrected chi connectivity index (χ1v) is 23.3. The van der Waals surface area contributed by atoms with Crippen LogP contribution in [-0.2, 0) is 0 Å². The van der Waals surface area contributed by atoms with Gasteiger partial charge in [0.15, 0.2) is 0 Å². The number of benzene rings is 11. The van der Waals surface area contributed by atoms with E-state index in [1.54, 1.807) is 0 Å². The number of para-hydroxylation sites is 2. The highest BCUT2D eigenvalue weighted by Gasteiger charge is 2.23. The van der Waals surface area contributed by atoms with Gasteiger partial charge in [-0.25, -0.2) is 0 Å². The zero-order chi connectivity index (χ0) is 45.2. The van der Waals surface area contributed by atoms with Crippen molar-refractivity contribution in [3.63, 3.8) is 0 Å². The molecule has 0 fully saturated rings. The van der Waals surface area contributed by atoms with E-state index in [4.69, 9.17) is 0 Å². The van der Waals surface area contributed by atoms with E-state index in [1.165, 1.54) is 83.0 Å². The number of hydrogen-bond donors (Lipinski definition) is 0. The Labute approximate surface area is 397 Å². The fourth-order valence-electron chi connectivity index (χ4n) is 9.96. The number of nitrogens with zero attached hydrogens (tertiary/aromatic N) is 2.